The third-order valence-corrected chi connectivity index (χ3v) is 2.85. The number of aliphatic hydroxyl groups excluding tert-OH is 1. The monoisotopic (exact) mass is 250 g/mol. The molecule has 1 rings (SSSR count). The van der Waals surface area contributed by atoms with E-state index in [1.54, 1.807) is 17.2 Å². The fourth-order valence-electron chi connectivity index (χ4n) is 1.77. The number of carbonyl (C=O) groups is 1. The quantitative estimate of drug-likeness (QED) is 0.753. The number of pyridine rings is 1. The Morgan fingerprint density at radius 1 is 1.33 bits per heavy atom. The summed E-state index contributed by atoms with van der Waals surface area (Å²) >= 11 is 0. The number of amides is 1. The number of hydrogen-bond donors (Lipinski definition) is 1. The highest BCUT2D eigenvalue weighted by atomic mass is 16.3. The van der Waals surface area contributed by atoms with Gasteiger partial charge in [0.15, 0.2) is 0 Å². The normalized spacial score (nSPS) is 10.4. The number of hydrogen-bond acceptors (Lipinski definition) is 3. The molecule has 0 bridgehead atoms. The van der Waals surface area contributed by atoms with Gasteiger partial charge in [0.05, 0.1) is 12.2 Å². The van der Waals surface area contributed by atoms with E-state index in [1.165, 1.54) is 0 Å². The van der Waals surface area contributed by atoms with Crippen LogP contribution in [-0.2, 0) is 0 Å². The molecule has 0 atom stereocenters. The third-order valence-electron chi connectivity index (χ3n) is 2.85. The van der Waals surface area contributed by atoms with Gasteiger partial charge in [0.25, 0.3) is 5.91 Å². The summed E-state index contributed by atoms with van der Waals surface area (Å²) in [5.41, 5.74) is 1.48. The minimum atomic E-state index is -0.0485. The zero-order chi connectivity index (χ0) is 13.4. The molecule has 18 heavy (non-hydrogen) atoms. The molecule has 0 aliphatic rings. The summed E-state index contributed by atoms with van der Waals surface area (Å²) in [5, 5.41) is 9.02. The Kier molecular flexibility index (Phi) is 6.36. The molecule has 0 unspecified atom stereocenters. The maximum absolute atomic E-state index is 12.2. The molecule has 0 aliphatic heterocycles. The highest BCUT2D eigenvalue weighted by molar-refractivity contribution is 5.93. The lowest BCUT2D eigenvalue weighted by atomic mass is 10.2. The summed E-state index contributed by atoms with van der Waals surface area (Å²) in [6.07, 6.45) is 4.79. The van der Waals surface area contributed by atoms with Crippen LogP contribution in [0.2, 0.25) is 0 Å². The summed E-state index contributed by atoms with van der Waals surface area (Å²) in [4.78, 5) is 18.0. The second kappa shape index (κ2) is 7.82. The molecule has 0 saturated carbocycles. The number of aryl methyl sites for hydroxylation is 1. The van der Waals surface area contributed by atoms with Crippen LogP contribution in [0.25, 0.3) is 0 Å². The highest BCUT2D eigenvalue weighted by Crippen LogP contribution is 2.06. The Hall–Kier alpha value is -1.42. The van der Waals surface area contributed by atoms with Crippen LogP contribution in [0.4, 0.5) is 0 Å². The van der Waals surface area contributed by atoms with E-state index in [0.29, 0.717) is 18.7 Å². The fourth-order valence-corrected chi connectivity index (χ4v) is 1.77. The summed E-state index contributed by atoms with van der Waals surface area (Å²) in [6, 6.07) is 3.62. The van der Waals surface area contributed by atoms with E-state index in [2.05, 4.69) is 11.9 Å². The maximum Gasteiger partial charge on any atom is 0.255 e. The molecule has 1 N–H and O–H groups in total. The second-order valence-corrected chi connectivity index (χ2v) is 4.41. The third kappa shape index (κ3) is 4.45. The zero-order valence-corrected chi connectivity index (χ0v) is 11.2. The molecule has 0 aromatic carbocycles. The lowest BCUT2D eigenvalue weighted by molar-refractivity contribution is 0.0718. The number of unbranched alkanes of at least 4 members (excludes halogenated alkanes) is 2. The molecule has 1 aromatic rings. The topological polar surface area (TPSA) is 53.4 Å². The molecular formula is C14H22N2O2. The van der Waals surface area contributed by atoms with E-state index < -0.39 is 0 Å². The molecule has 100 valence electrons. The smallest absolute Gasteiger partial charge is 0.255 e. The Balaban J connectivity index is 2.66. The summed E-state index contributed by atoms with van der Waals surface area (Å²) in [6.45, 7) is 5.10. The van der Waals surface area contributed by atoms with Gasteiger partial charge in [-0.25, -0.2) is 0 Å². The van der Waals surface area contributed by atoms with Gasteiger partial charge in [-0.05, 0) is 25.5 Å². The van der Waals surface area contributed by atoms with E-state index in [9.17, 15) is 4.79 Å². The first kappa shape index (κ1) is 14.6. The molecule has 4 nitrogen and oxygen atoms in total. The molecule has 0 aliphatic carbocycles. The van der Waals surface area contributed by atoms with Crippen molar-refractivity contribution < 1.29 is 9.90 Å². The number of aromatic nitrogens is 1. The summed E-state index contributed by atoms with van der Waals surface area (Å²) in [7, 11) is 0. The van der Waals surface area contributed by atoms with Gasteiger partial charge < -0.3 is 10.0 Å². The minimum absolute atomic E-state index is 0.00282. The SMILES string of the molecule is CCCCCN(CCO)C(=O)c1ccc(C)nc1. The van der Waals surface area contributed by atoms with Gasteiger partial charge in [0.2, 0.25) is 0 Å². The van der Waals surface area contributed by atoms with Crippen LogP contribution in [0.3, 0.4) is 0 Å². The van der Waals surface area contributed by atoms with E-state index in [-0.39, 0.29) is 12.5 Å². The van der Waals surface area contributed by atoms with Crippen molar-refractivity contribution in [3.05, 3.63) is 29.6 Å². The fraction of sp³-hybridized carbons (Fsp3) is 0.571. The predicted molar refractivity (Wildman–Crippen MR) is 71.5 cm³/mol. The summed E-state index contributed by atoms with van der Waals surface area (Å²) in [5.74, 6) is -0.0485. The van der Waals surface area contributed by atoms with Crippen molar-refractivity contribution in [1.82, 2.24) is 9.88 Å². The number of nitrogens with zero attached hydrogens (tertiary/aromatic N) is 2. The highest BCUT2D eigenvalue weighted by Gasteiger charge is 2.14. The molecule has 0 spiro atoms. The first-order chi connectivity index (χ1) is 8.69. The van der Waals surface area contributed by atoms with Crippen LogP contribution >= 0.6 is 0 Å². The van der Waals surface area contributed by atoms with Crippen LogP contribution in [0.15, 0.2) is 18.3 Å². The van der Waals surface area contributed by atoms with Crippen molar-refractivity contribution in [3.8, 4) is 0 Å². The molecule has 0 radical (unpaired) electrons. The van der Waals surface area contributed by atoms with Crippen molar-refractivity contribution in [2.24, 2.45) is 0 Å². The lowest BCUT2D eigenvalue weighted by Gasteiger charge is -2.21. The van der Waals surface area contributed by atoms with Crippen LogP contribution < -0.4 is 0 Å². The van der Waals surface area contributed by atoms with Crippen molar-refractivity contribution >= 4 is 5.91 Å². The van der Waals surface area contributed by atoms with Gasteiger partial charge in [-0.2, -0.15) is 0 Å². The molecule has 1 amide bonds. The van der Waals surface area contributed by atoms with E-state index >= 15 is 0 Å². The van der Waals surface area contributed by atoms with Crippen molar-refractivity contribution in [2.45, 2.75) is 33.1 Å². The maximum atomic E-state index is 12.2. The average Bonchev–Trinajstić information content (AvgIpc) is 2.38. The minimum Gasteiger partial charge on any atom is -0.395 e. The van der Waals surface area contributed by atoms with E-state index in [1.807, 2.05) is 13.0 Å². The van der Waals surface area contributed by atoms with Gasteiger partial charge >= 0.3 is 0 Å². The number of carbonyl (C=O) groups excluding carboxylic acids is 1. The number of rotatable bonds is 7. The number of aliphatic hydroxyl groups is 1. The Labute approximate surface area is 109 Å². The predicted octanol–water partition coefficient (Wildman–Crippen LogP) is 2.01. The lowest BCUT2D eigenvalue weighted by Crippen LogP contribution is -2.34. The van der Waals surface area contributed by atoms with Crippen molar-refractivity contribution in [3.63, 3.8) is 0 Å². The van der Waals surface area contributed by atoms with Gasteiger partial charge in [-0.1, -0.05) is 19.8 Å². The first-order valence-electron chi connectivity index (χ1n) is 6.51. The Morgan fingerprint density at radius 3 is 2.67 bits per heavy atom. The van der Waals surface area contributed by atoms with E-state index in [4.69, 9.17) is 5.11 Å². The van der Waals surface area contributed by atoms with Crippen LogP contribution in [-0.4, -0.2) is 40.6 Å². The molecule has 4 heteroatoms. The largest absolute Gasteiger partial charge is 0.395 e. The summed E-state index contributed by atoms with van der Waals surface area (Å²) < 4.78 is 0. The molecular weight excluding hydrogens is 228 g/mol. The van der Waals surface area contributed by atoms with Crippen molar-refractivity contribution in [1.29, 1.82) is 0 Å². The molecule has 1 aromatic heterocycles. The van der Waals surface area contributed by atoms with Gasteiger partial charge in [0, 0.05) is 25.0 Å². The Bertz CT molecular complexity index is 363. The van der Waals surface area contributed by atoms with Gasteiger partial charge in [0.1, 0.15) is 0 Å². The second-order valence-electron chi connectivity index (χ2n) is 4.41. The van der Waals surface area contributed by atoms with E-state index in [0.717, 1.165) is 25.0 Å². The van der Waals surface area contributed by atoms with Gasteiger partial charge in [-0.3, -0.25) is 9.78 Å². The zero-order valence-electron chi connectivity index (χ0n) is 11.2. The first-order valence-corrected chi connectivity index (χ1v) is 6.51. The van der Waals surface area contributed by atoms with Crippen molar-refractivity contribution in [2.75, 3.05) is 19.7 Å². The van der Waals surface area contributed by atoms with Gasteiger partial charge in [-0.15, -0.1) is 0 Å². The Morgan fingerprint density at radius 2 is 2.11 bits per heavy atom. The molecule has 0 saturated heterocycles. The van der Waals surface area contributed by atoms with Crippen LogP contribution in [0, 0.1) is 6.92 Å². The average molecular weight is 250 g/mol. The standard InChI is InChI=1S/C14H22N2O2/c1-3-4-5-8-16(9-10-17)14(18)13-7-6-12(2)15-11-13/h6-7,11,17H,3-5,8-10H2,1-2H3. The van der Waals surface area contributed by atoms with Crippen LogP contribution in [0.1, 0.15) is 42.2 Å². The molecule has 0 fully saturated rings. The van der Waals surface area contributed by atoms with Crippen LogP contribution in [0.5, 0.6) is 0 Å². The molecule has 1 heterocycles.